The Bertz CT molecular complexity index is 218. The Morgan fingerprint density at radius 2 is 2.09 bits per heavy atom. The standard InChI is InChI=1S/C9H14N2/c1-4-8(5-2)9(11)6-7(3)10/h4-6,11H,1,10H2,2-3H3/b7-6+,8-5+,11-9?. The molecule has 0 unspecified atom stereocenters. The lowest BCUT2D eigenvalue weighted by molar-refractivity contribution is 1.32. The van der Waals surface area contributed by atoms with Crippen LogP contribution in [0.2, 0.25) is 0 Å². The minimum absolute atomic E-state index is 0.405. The highest BCUT2D eigenvalue weighted by Crippen LogP contribution is 1.99. The lowest BCUT2D eigenvalue weighted by atomic mass is 10.1. The second-order valence-corrected chi connectivity index (χ2v) is 2.25. The van der Waals surface area contributed by atoms with Gasteiger partial charge in [0.25, 0.3) is 0 Å². The lowest BCUT2D eigenvalue weighted by Gasteiger charge is -1.97. The smallest absolute Gasteiger partial charge is 0.0625 e. The molecule has 0 bridgehead atoms. The maximum absolute atomic E-state index is 7.48. The molecule has 60 valence electrons. The summed E-state index contributed by atoms with van der Waals surface area (Å²) in [4.78, 5) is 0. The van der Waals surface area contributed by atoms with Crippen molar-refractivity contribution in [3.05, 3.63) is 36.1 Å². The van der Waals surface area contributed by atoms with Crippen molar-refractivity contribution < 1.29 is 0 Å². The van der Waals surface area contributed by atoms with Crippen LogP contribution in [0.4, 0.5) is 0 Å². The first kappa shape index (κ1) is 9.69. The number of nitrogens with one attached hydrogen (secondary N) is 1. The molecule has 0 saturated heterocycles. The van der Waals surface area contributed by atoms with Crippen molar-refractivity contribution in [1.82, 2.24) is 0 Å². The van der Waals surface area contributed by atoms with E-state index in [2.05, 4.69) is 6.58 Å². The summed E-state index contributed by atoms with van der Waals surface area (Å²) in [6, 6.07) is 0. The van der Waals surface area contributed by atoms with E-state index in [9.17, 15) is 0 Å². The van der Waals surface area contributed by atoms with Crippen LogP contribution in [0.3, 0.4) is 0 Å². The van der Waals surface area contributed by atoms with Crippen molar-refractivity contribution >= 4 is 5.71 Å². The van der Waals surface area contributed by atoms with E-state index in [1.807, 2.05) is 13.0 Å². The van der Waals surface area contributed by atoms with Crippen LogP contribution in [0.1, 0.15) is 13.8 Å². The Morgan fingerprint density at radius 1 is 1.55 bits per heavy atom. The molecule has 0 saturated carbocycles. The van der Waals surface area contributed by atoms with Crippen LogP contribution in [0.25, 0.3) is 0 Å². The van der Waals surface area contributed by atoms with Gasteiger partial charge in [0, 0.05) is 5.70 Å². The third-order valence-corrected chi connectivity index (χ3v) is 1.21. The Kier molecular flexibility index (Phi) is 3.96. The molecule has 0 aromatic carbocycles. The van der Waals surface area contributed by atoms with Crippen LogP contribution < -0.4 is 5.73 Å². The van der Waals surface area contributed by atoms with Crippen molar-refractivity contribution in [2.75, 3.05) is 0 Å². The molecule has 2 nitrogen and oxygen atoms in total. The molecule has 0 spiro atoms. The van der Waals surface area contributed by atoms with E-state index in [-0.39, 0.29) is 0 Å². The van der Waals surface area contributed by atoms with Gasteiger partial charge in [0.1, 0.15) is 0 Å². The largest absolute Gasteiger partial charge is 0.402 e. The number of rotatable bonds is 3. The van der Waals surface area contributed by atoms with Gasteiger partial charge in [-0.1, -0.05) is 18.7 Å². The summed E-state index contributed by atoms with van der Waals surface area (Å²) in [6.07, 6.45) is 5.08. The summed E-state index contributed by atoms with van der Waals surface area (Å²) in [5.41, 5.74) is 7.24. The van der Waals surface area contributed by atoms with Gasteiger partial charge in [0.2, 0.25) is 0 Å². The van der Waals surface area contributed by atoms with Gasteiger partial charge < -0.3 is 11.1 Å². The van der Waals surface area contributed by atoms with Gasteiger partial charge in [-0.3, -0.25) is 0 Å². The third-order valence-electron chi connectivity index (χ3n) is 1.21. The van der Waals surface area contributed by atoms with Gasteiger partial charge in [-0.15, -0.1) is 0 Å². The topological polar surface area (TPSA) is 49.9 Å². The maximum Gasteiger partial charge on any atom is 0.0625 e. The molecule has 2 heteroatoms. The summed E-state index contributed by atoms with van der Waals surface area (Å²) in [6.45, 7) is 7.20. The highest BCUT2D eigenvalue weighted by atomic mass is 14.6. The van der Waals surface area contributed by atoms with Crippen LogP contribution in [-0.4, -0.2) is 5.71 Å². The van der Waals surface area contributed by atoms with Gasteiger partial charge in [-0.2, -0.15) is 0 Å². The van der Waals surface area contributed by atoms with Gasteiger partial charge in [0.05, 0.1) is 5.71 Å². The fourth-order valence-corrected chi connectivity index (χ4v) is 0.694. The summed E-state index contributed by atoms with van der Waals surface area (Å²) in [5, 5.41) is 7.48. The Labute approximate surface area is 67.6 Å². The Morgan fingerprint density at radius 3 is 2.36 bits per heavy atom. The molecule has 11 heavy (non-hydrogen) atoms. The van der Waals surface area contributed by atoms with E-state index >= 15 is 0 Å². The van der Waals surface area contributed by atoms with E-state index < -0.39 is 0 Å². The van der Waals surface area contributed by atoms with E-state index in [1.54, 1.807) is 19.1 Å². The monoisotopic (exact) mass is 150 g/mol. The predicted octanol–water partition coefficient (Wildman–Crippen LogP) is 2.00. The predicted molar refractivity (Wildman–Crippen MR) is 49.6 cm³/mol. The van der Waals surface area contributed by atoms with Crippen molar-refractivity contribution in [1.29, 1.82) is 5.41 Å². The van der Waals surface area contributed by atoms with Crippen LogP contribution in [0.15, 0.2) is 36.1 Å². The normalized spacial score (nSPS) is 12.9. The third kappa shape index (κ3) is 3.40. The van der Waals surface area contributed by atoms with E-state index in [4.69, 9.17) is 11.1 Å². The molecular formula is C9H14N2. The summed E-state index contributed by atoms with van der Waals surface area (Å²) in [5.74, 6) is 0. The first-order valence-electron chi connectivity index (χ1n) is 3.43. The molecule has 0 rings (SSSR count). The van der Waals surface area contributed by atoms with Crippen LogP contribution in [0, 0.1) is 5.41 Å². The molecule has 3 N–H and O–H groups in total. The molecular weight excluding hydrogens is 136 g/mol. The average Bonchev–Trinajstić information content (AvgIpc) is 1.88. The molecule has 0 aliphatic rings. The maximum atomic E-state index is 7.48. The molecule has 0 heterocycles. The zero-order valence-corrected chi connectivity index (χ0v) is 7.02. The van der Waals surface area contributed by atoms with Crippen molar-refractivity contribution in [3.8, 4) is 0 Å². The Balaban J connectivity index is 4.49. The van der Waals surface area contributed by atoms with Crippen molar-refractivity contribution in [3.63, 3.8) is 0 Å². The number of hydrogen-bond acceptors (Lipinski definition) is 2. The summed E-state index contributed by atoms with van der Waals surface area (Å²) in [7, 11) is 0. The lowest BCUT2D eigenvalue weighted by Crippen LogP contribution is -1.99. The minimum Gasteiger partial charge on any atom is -0.402 e. The molecule has 0 radical (unpaired) electrons. The second-order valence-electron chi connectivity index (χ2n) is 2.25. The van der Waals surface area contributed by atoms with Gasteiger partial charge >= 0.3 is 0 Å². The molecule has 0 fully saturated rings. The second kappa shape index (κ2) is 4.50. The fraction of sp³-hybridized carbons (Fsp3) is 0.222. The number of nitrogens with two attached hydrogens (primary N) is 1. The molecule has 0 aliphatic carbocycles. The minimum atomic E-state index is 0.405. The number of hydrogen-bond donors (Lipinski definition) is 2. The highest BCUT2D eigenvalue weighted by Gasteiger charge is 1.94. The van der Waals surface area contributed by atoms with E-state index in [0.717, 1.165) is 5.57 Å². The molecule has 0 aliphatic heterocycles. The molecule has 0 amide bonds. The zero-order chi connectivity index (χ0) is 8.85. The van der Waals surface area contributed by atoms with Gasteiger partial charge in [-0.05, 0) is 25.5 Å². The zero-order valence-electron chi connectivity index (χ0n) is 7.02. The SMILES string of the molecule is C=C/C(=C\C)C(=N)/C=C(\C)N. The first-order valence-corrected chi connectivity index (χ1v) is 3.43. The van der Waals surface area contributed by atoms with Crippen molar-refractivity contribution in [2.24, 2.45) is 5.73 Å². The van der Waals surface area contributed by atoms with Crippen molar-refractivity contribution in [2.45, 2.75) is 13.8 Å². The van der Waals surface area contributed by atoms with Crippen LogP contribution >= 0.6 is 0 Å². The number of allylic oxidation sites excluding steroid dienone is 5. The Hall–Kier alpha value is -1.31. The van der Waals surface area contributed by atoms with E-state index in [1.165, 1.54) is 0 Å². The van der Waals surface area contributed by atoms with Gasteiger partial charge in [-0.25, -0.2) is 0 Å². The first-order chi connectivity index (χ1) is 5.11. The molecule has 0 atom stereocenters. The summed E-state index contributed by atoms with van der Waals surface area (Å²) >= 11 is 0. The molecule has 0 aromatic heterocycles. The fourth-order valence-electron chi connectivity index (χ4n) is 0.694. The quantitative estimate of drug-likeness (QED) is 0.469. The molecule has 0 aromatic rings. The van der Waals surface area contributed by atoms with Crippen LogP contribution in [0.5, 0.6) is 0 Å². The van der Waals surface area contributed by atoms with Gasteiger partial charge in [0.15, 0.2) is 0 Å². The highest BCUT2D eigenvalue weighted by molar-refractivity contribution is 6.08. The van der Waals surface area contributed by atoms with Crippen LogP contribution in [-0.2, 0) is 0 Å². The summed E-state index contributed by atoms with van der Waals surface area (Å²) < 4.78 is 0. The van der Waals surface area contributed by atoms with E-state index in [0.29, 0.717) is 11.4 Å². The average molecular weight is 150 g/mol.